The van der Waals surface area contributed by atoms with Gasteiger partial charge in [0, 0.05) is 45.8 Å². The molecule has 0 N–H and O–H groups in total. The van der Waals surface area contributed by atoms with Crippen molar-refractivity contribution in [2.75, 3.05) is 44.2 Å². The quantitative estimate of drug-likeness (QED) is 0.833. The molecular weight excluding hydrogens is 338 g/mol. The summed E-state index contributed by atoms with van der Waals surface area (Å²) in [7, 11) is 0. The van der Waals surface area contributed by atoms with Gasteiger partial charge in [-0.3, -0.25) is 9.69 Å². The van der Waals surface area contributed by atoms with Gasteiger partial charge in [-0.25, -0.2) is 0 Å². The van der Waals surface area contributed by atoms with Gasteiger partial charge in [0.1, 0.15) is 0 Å². The predicted octanol–water partition coefficient (Wildman–Crippen LogP) is 2.42. The van der Waals surface area contributed by atoms with Crippen LogP contribution in [0.2, 0.25) is 0 Å². The van der Waals surface area contributed by atoms with Gasteiger partial charge in [0.25, 0.3) is 5.91 Å². The van der Waals surface area contributed by atoms with E-state index in [1.54, 1.807) is 0 Å². The van der Waals surface area contributed by atoms with Crippen LogP contribution in [0.15, 0.2) is 42.5 Å². The lowest BCUT2D eigenvalue weighted by Gasteiger charge is -2.34. The minimum atomic E-state index is -0.00736. The van der Waals surface area contributed by atoms with Crippen LogP contribution in [0.4, 0.5) is 5.82 Å². The van der Waals surface area contributed by atoms with Gasteiger partial charge in [-0.15, -0.1) is 10.2 Å². The molecule has 2 aliphatic rings. The number of anilines is 1. The third-order valence-electron chi connectivity index (χ3n) is 5.46. The number of piperazine rings is 1. The average molecular weight is 365 g/mol. The molecule has 0 bridgehead atoms. The molecule has 1 amide bonds. The summed E-state index contributed by atoms with van der Waals surface area (Å²) in [5.41, 5.74) is 1.77. The molecule has 2 saturated heterocycles. The summed E-state index contributed by atoms with van der Waals surface area (Å²) < 4.78 is 0. The molecule has 6 nitrogen and oxygen atoms in total. The number of amides is 1. The number of aromatic nitrogens is 2. The summed E-state index contributed by atoms with van der Waals surface area (Å²) in [6, 6.07) is 14.3. The zero-order valence-corrected chi connectivity index (χ0v) is 15.8. The fraction of sp³-hybridized carbons (Fsp3) is 0.476. The third-order valence-corrected chi connectivity index (χ3v) is 5.46. The largest absolute Gasteiger partial charge is 0.355 e. The lowest BCUT2D eigenvalue weighted by molar-refractivity contribution is 0.0621. The van der Waals surface area contributed by atoms with Gasteiger partial charge in [0.2, 0.25) is 0 Å². The van der Waals surface area contributed by atoms with Gasteiger partial charge in [0.15, 0.2) is 11.5 Å². The first-order chi connectivity index (χ1) is 13.3. The molecule has 0 unspecified atom stereocenters. The monoisotopic (exact) mass is 365 g/mol. The zero-order valence-electron chi connectivity index (χ0n) is 15.8. The van der Waals surface area contributed by atoms with Crippen molar-refractivity contribution in [1.82, 2.24) is 20.0 Å². The molecule has 0 atom stereocenters. The Morgan fingerprint density at radius 3 is 2.22 bits per heavy atom. The van der Waals surface area contributed by atoms with Crippen molar-refractivity contribution in [2.24, 2.45) is 0 Å². The topological polar surface area (TPSA) is 52.6 Å². The Morgan fingerprint density at radius 1 is 0.815 bits per heavy atom. The summed E-state index contributed by atoms with van der Waals surface area (Å²) in [4.78, 5) is 19.3. The molecule has 1 aromatic carbocycles. The maximum atomic E-state index is 12.7. The highest BCUT2D eigenvalue weighted by molar-refractivity contribution is 5.92. The Kier molecular flexibility index (Phi) is 5.63. The van der Waals surface area contributed by atoms with Crippen LogP contribution in [0.25, 0.3) is 0 Å². The van der Waals surface area contributed by atoms with Crippen molar-refractivity contribution in [2.45, 2.75) is 25.8 Å². The highest BCUT2D eigenvalue weighted by Crippen LogP contribution is 2.17. The van der Waals surface area contributed by atoms with Crippen LogP contribution in [0, 0.1) is 0 Å². The van der Waals surface area contributed by atoms with Crippen LogP contribution in [-0.4, -0.2) is 65.2 Å². The van der Waals surface area contributed by atoms with Crippen LogP contribution in [-0.2, 0) is 6.54 Å². The molecule has 6 heteroatoms. The van der Waals surface area contributed by atoms with E-state index in [0.29, 0.717) is 5.69 Å². The summed E-state index contributed by atoms with van der Waals surface area (Å²) in [6.07, 6.45) is 3.70. The molecule has 0 radical (unpaired) electrons. The Hall–Kier alpha value is -2.47. The van der Waals surface area contributed by atoms with Crippen molar-refractivity contribution < 1.29 is 4.79 Å². The standard InChI is InChI=1S/C21H27N5O/c27-21(19-9-10-20(23-22-19)25-11-5-2-6-12-25)26-15-13-24(14-16-26)17-18-7-3-1-4-8-18/h1,3-4,7-10H,2,5-6,11-17H2. The lowest BCUT2D eigenvalue weighted by atomic mass is 10.1. The summed E-state index contributed by atoms with van der Waals surface area (Å²) in [6.45, 7) is 6.26. The molecule has 4 rings (SSSR count). The van der Waals surface area contributed by atoms with Gasteiger partial charge in [0.05, 0.1) is 0 Å². The minimum Gasteiger partial charge on any atom is -0.355 e. The number of carbonyl (C=O) groups is 1. The van der Waals surface area contributed by atoms with Crippen LogP contribution in [0.5, 0.6) is 0 Å². The normalized spacial score (nSPS) is 18.5. The molecule has 3 heterocycles. The van der Waals surface area contributed by atoms with E-state index < -0.39 is 0 Å². The van der Waals surface area contributed by atoms with E-state index in [0.717, 1.165) is 51.6 Å². The van der Waals surface area contributed by atoms with E-state index in [2.05, 4.69) is 44.3 Å². The van der Waals surface area contributed by atoms with Crippen molar-refractivity contribution in [3.05, 3.63) is 53.7 Å². The van der Waals surface area contributed by atoms with Gasteiger partial charge in [-0.05, 0) is 37.0 Å². The number of carbonyl (C=O) groups excluding carboxylic acids is 1. The molecule has 1 aromatic heterocycles. The van der Waals surface area contributed by atoms with E-state index in [-0.39, 0.29) is 5.91 Å². The molecule has 2 fully saturated rings. The summed E-state index contributed by atoms with van der Waals surface area (Å²) in [5.74, 6) is 0.881. The van der Waals surface area contributed by atoms with Crippen LogP contribution in [0.3, 0.4) is 0 Å². The van der Waals surface area contributed by atoms with Crippen molar-refractivity contribution >= 4 is 11.7 Å². The summed E-state index contributed by atoms with van der Waals surface area (Å²) in [5, 5.41) is 8.53. The van der Waals surface area contributed by atoms with Crippen LogP contribution in [0.1, 0.15) is 35.3 Å². The van der Waals surface area contributed by atoms with E-state index in [4.69, 9.17) is 0 Å². The molecular formula is C21H27N5O. The van der Waals surface area contributed by atoms with Crippen molar-refractivity contribution in [3.63, 3.8) is 0 Å². The van der Waals surface area contributed by atoms with E-state index >= 15 is 0 Å². The molecule has 2 aliphatic heterocycles. The van der Waals surface area contributed by atoms with Gasteiger partial charge >= 0.3 is 0 Å². The average Bonchev–Trinajstić information content (AvgIpc) is 2.75. The Balaban J connectivity index is 1.31. The first-order valence-corrected chi connectivity index (χ1v) is 9.94. The van der Waals surface area contributed by atoms with Crippen LogP contribution < -0.4 is 4.90 Å². The molecule has 0 saturated carbocycles. The maximum Gasteiger partial charge on any atom is 0.274 e. The highest BCUT2D eigenvalue weighted by atomic mass is 16.2. The van der Waals surface area contributed by atoms with E-state index in [1.165, 1.54) is 24.8 Å². The summed E-state index contributed by atoms with van der Waals surface area (Å²) >= 11 is 0. The SMILES string of the molecule is O=C(c1ccc(N2CCCCC2)nn1)N1CCN(Cc2ccccc2)CC1. The fourth-order valence-electron chi connectivity index (χ4n) is 3.84. The third kappa shape index (κ3) is 4.45. The maximum absolute atomic E-state index is 12.7. The highest BCUT2D eigenvalue weighted by Gasteiger charge is 2.23. The number of hydrogen-bond donors (Lipinski definition) is 0. The molecule has 0 aliphatic carbocycles. The fourth-order valence-corrected chi connectivity index (χ4v) is 3.84. The van der Waals surface area contributed by atoms with E-state index in [1.807, 2.05) is 23.1 Å². The van der Waals surface area contributed by atoms with Gasteiger partial charge in [-0.1, -0.05) is 30.3 Å². The van der Waals surface area contributed by atoms with Crippen LogP contribution >= 0.6 is 0 Å². The number of hydrogen-bond acceptors (Lipinski definition) is 5. The second-order valence-corrected chi connectivity index (χ2v) is 7.38. The minimum absolute atomic E-state index is 0.00736. The molecule has 142 valence electrons. The van der Waals surface area contributed by atoms with Gasteiger partial charge < -0.3 is 9.80 Å². The second-order valence-electron chi connectivity index (χ2n) is 7.38. The Morgan fingerprint density at radius 2 is 1.56 bits per heavy atom. The second kappa shape index (κ2) is 8.48. The number of piperidine rings is 1. The molecule has 27 heavy (non-hydrogen) atoms. The Bertz CT molecular complexity index is 735. The number of benzene rings is 1. The first-order valence-electron chi connectivity index (χ1n) is 9.94. The van der Waals surface area contributed by atoms with E-state index in [9.17, 15) is 4.79 Å². The molecule has 0 spiro atoms. The molecule has 2 aromatic rings. The lowest BCUT2D eigenvalue weighted by Crippen LogP contribution is -2.48. The van der Waals surface area contributed by atoms with Crippen molar-refractivity contribution in [3.8, 4) is 0 Å². The number of rotatable bonds is 4. The zero-order chi connectivity index (χ0) is 18.5. The first kappa shape index (κ1) is 17.9. The number of nitrogens with zero attached hydrogens (tertiary/aromatic N) is 5. The smallest absolute Gasteiger partial charge is 0.274 e. The predicted molar refractivity (Wildman–Crippen MR) is 106 cm³/mol. The Labute approximate surface area is 160 Å². The van der Waals surface area contributed by atoms with Gasteiger partial charge in [-0.2, -0.15) is 0 Å². The van der Waals surface area contributed by atoms with Crippen molar-refractivity contribution in [1.29, 1.82) is 0 Å².